The van der Waals surface area contributed by atoms with Crippen LogP contribution < -0.4 is 5.32 Å². The lowest BCUT2D eigenvalue weighted by molar-refractivity contribution is -0.151. The Morgan fingerprint density at radius 2 is 0.677 bits per heavy atom. The fourth-order valence-electron chi connectivity index (χ4n) is 9.14. The van der Waals surface area contributed by atoms with E-state index in [0.29, 0.717) is 19.3 Å². The maximum atomic E-state index is 13.2. The molecular weight excluding hydrogens is 767 g/mol. The molecule has 0 saturated carbocycles. The second-order valence-corrected chi connectivity index (χ2v) is 19.7. The van der Waals surface area contributed by atoms with Gasteiger partial charge < -0.3 is 20.3 Å². The lowest BCUT2D eigenvalue weighted by Gasteiger charge is -2.24. The molecule has 3 N–H and O–H groups in total. The molecule has 0 radical (unpaired) electrons. The zero-order chi connectivity index (χ0) is 45.2. The number of aliphatic hydroxyl groups excluding tert-OH is 2. The van der Waals surface area contributed by atoms with Crippen LogP contribution in [0.5, 0.6) is 0 Å². The van der Waals surface area contributed by atoms with Crippen LogP contribution in [0.1, 0.15) is 323 Å². The van der Waals surface area contributed by atoms with Crippen LogP contribution in [0.15, 0.2) is 0 Å². The van der Waals surface area contributed by atoms with Crippen LogP contribution >= 0.6 is 0 Å². The third-order valence-corrected chi connectivity index (χ3v) is 13.4. The van der Waals surface area contributed by atoms with Crippen LogP contribution in [0.2, 0.25) is 0 Å². The maximum absolute atomic E-state index is 13.2. The first-order valence-corrected chi connectivity index (χ1v) is 28.3. The summed E-state index contributed by atoms with van der Waals surface area (Å²) in [5.74, 6) is -0.447. The third-order valence-electron chi connectivity index (χ3n) is 13.4. The van der Waals surface area contributed by atoms with Gasteiger partial charge in [0.1, 0.15) is 6.10 Å². The molecule has 6 heteroatoms. The Hall–Kier alpha value is -1.14. The largest absolute Gasteiger partial charge is 0.462 e. The number of carbonyl (C=O) groups is 2. The molecule has 3 unspecified atom stereocenters. The molecule has 0 spiro atoms. The molecule has 1 amide bonds. The zero-order valence-electron chi connectivity index (χ0n) is 42.3. The molecule has 6 nitrogen and oxygen atoms in total. The van der Waals surface area contributed by atoms with Gasteiger partial charge in [0.05, 0.1) is 25.2 Å². The average Bonchev–Trinajstić information content (AvgIpc) is 3.26. The number of carbonyl (C=O) groups excluding carboxylic acids is 2. The van der Waals surface area contributed by atoms with Crippen molar-refractivity contribution in [3.63, 3.8) is 0 Å². The van der Waals surface area contributed by atoms with E-state index in [1.54, 1.807) is 0 Å². The van der Waals surface area contributed by atoms with Gasteiger partial charge in [0.25, 0.3) is 0 Å². The number of aliphatic hydroxyl groups is 2. The van der Waals surface area contributed by atoms with E-state index in [1.807, 2.05) is 0 Å². The molecule has 0 aliphatic carbocycles. The number of ether oxygens (including phenoxy) is 1. The summed E-state index contributed by atoms with van der Waals surface area (Å²) in [5.41, 5.74) is 0. The number of amides is 1. The molecule has 3 atom stereocenters. The van der Waals surface area contributed by atoms with E-state index in [9.17, 15) is 19.8 Å². The lowest BCUT2D eigenvalue weighted by atomic mass is 10.0. The van der Waals surface area contributed by atoms with Gasteiger partial charge in [0, 0.05) is 6.42 Å². The van der Waals surface area contributed by atoms with Crippen molar-refractivity contribution in [2.45, 2.75) is 341 Å². The average molecular weight is 879 g/mol. The summed E-state index contributed by atoms with van der Waals surface area (Å²) in [5, 5.41) is 23.9. The highest BCUT2D eigenvalue weighted by molar-refractivity contribution is 5.77. The Bertz CT molecular complexity index is 898. The van der Waals surface area contributed by atoms with Crippen molar-refractivity contribution >= 4 is 11.9 Å². The summed E-state index contributed by atoms with van der Waals surface area (Å²) < 4.78 is 5.96. The van der Waals surface area contributed by atoms with Crippen LogP contribution in [-0.2, 0) is 14.3 Å². The van der Waals surface area contributed by atoms with Gasteiger partial charge in [-0.1, -0.05) is 284 Å². The Morgan fingerprint density at radius 3 is 0.984 bits per heavy atom. The molecule has 0 fully saturated rings. The highest BCUT2D eigenvalue weighted by Crippen LogP contribution is 2.19. The Balaban J connectivity index is 4.45. The maximum Gasteiger partial charge on any atom is 0.306 e. The SMILES string of the molecule is CCCCCCCCCCCCCCCCCCC(=O)OC(CCCCCCCCCCCCCC)CC(=O)NC(CO)C(O)CCCCCCCCCCCCCCCCC. The van der Waals surface area contributed by atoms with E-state index < -0.39 is 18.2 Å². The summed E-state index contributed by atoms with van der Waals surface area (Å²) in [6.07, 6.45) is 55.9. The number of hydrogen-bond donors (Lipinski definition) is 3. The molecule has 0 aromatic carbocycles. The summed E-state index contributed by atoms with van der Waals surface area (Å²) >= 11 is 0. The van der Waals surface area contributed by atoms with Crippen molar-refractivity contribution < 1.29 is 24.5 Å². The number of rotatable bonds is 52. The molecule has 62 heavy (non-hydrogen) atoms. The van der Waals surface area contributed by atoms with Crippen molar-refractivity contribution in [1.82, 2.24) is 5.32 Å². The Labute approximate surface area is 387 Å². The van der Waals surface area contributed by atoms with Crippen molar-refractivity contribution in [2.75, 3.05) is 6.61 Å². The predicted octanol–water partition coefficient (Wildman–Crippen LogP) is 17.1. The molecule has 0 bridgehead atoms. The highest BCUT2D eigenvalue weighted by atomic mass is 16.5. The summed E-state index contributed by atoms with van der Waals surface area (Å²) in [6.45, 7) is 6.53. The molecule has 0 rings (SSSR count). The highest BCUT2D eigenvalue weighted by Gasteiger charge is 2.24. The molecule has 0 aliphatic rings. The Morgan fingerprint density at radius 1 is 0.403 bits per heavy atom. The van der Waals surface area contributed by atoms with Crippen LogP contribution in [0.25, 0.3) is 0 Å². The molecule has 0 saturated heterocycles. The van der Waals surface area contributed by atoms with E-state index in [1.165, 1.54) is 238 Å². The predicted molar refractivity (Wildman–Crippen MR) is 269 cm³/mol. The molecule has 0 aromatic rings. The number of unbranched alkanes of at least 4 members (excludes halogenated alkanes) is 40. The second-order valence-electron chi connectivity index (χ2n) is 19.7. The molecular formula is C56H111NO5. The van der Waals surface area contributed by atoms with E-state index in [2.05, 4.69) is 26.1 Å². The second kappa shape index (κ2) is 50.9. The smallest absolute Gasteiger partial charge is 0.306 e. The van der Waals surface area contributed by atoms with E-state index in [0.717, 1.165) is 38.5 Å². The minimum atomic E-state index is -0.779. The summed E-state index contributed by atoms with van der Waals surface area (Å²) in [6, 6.07) is -0.692. The van der Waals surface area contributed by atoms with Crippen LogP contribution in [-0.4, -0.2) is 46.9 Å². The summed E-state index contributed by atoms with van der Waals surface area (Å²) in [4.78, 5) is 26.2. The first kappa shape index (κ1) is 60.9. The monoisotopic (exact) mass is 878 g/mol. The number of hydrogen-bond acceptors (Lipinski definition) is 5. The van der Waals surface area contributed by atoms with Gasteiger partial charge in [0.15, 0.2) is 0 Å². The van der Waals surface area contributed by atoms with Gasteiger partial charge in [-0.05, 0) is 25.7 Å². The summed E-state index contributed by atoms with van der Waals surface area (Å²) in [7, 11) is 0. The minimum Gasteiger partial charge on any atom is -0.462 e. The van der Waals surface area contributed by atoms with Crippen molar-refractivity contribution in [3.05, 3.63) is 0 Å². The molecule has 370 valence electrons. The first-order chi connectivity index (χ1) is 30.5. The van der Waals surface area contributed by atoms with Gasteiger partial charge in [-0.25, -0.2) is 0 Å². The first-order valence-electron chi connectivity index (χ1n) is 28.3. The minimum absolute atomic E-state index is 0.0882. The fraction of sp³-hybridized carbons (Fsp3) is 0.964. The zero-order valence-corrected chi connectivity index (χ0v) is 42.3. The molecule has 0 aromatic heterocycles. The van der Waals surface area contributed by atoms with Gasteiger partial charge in [-0.2, -0.15) is 0 Å². The van der Waals surface area contributed by atoms with Gasteiger partial charge in [-0.15, -0.1) is 0 Å². The standard InChI is InChI=1S/C56H111NO5/c1-4-7-10-13-16-19-22-25-27-29-31-34-37-40-43-46-49-56(61)62-52(47-44-41-38-35-32-24-21-18-15-12-9-6-3)50-55(60)57-53(51-58)54(59)48-45-42-39-36-33-30-28-26-23-20-17-14-11-8-5-2/h52-54,58-59H,4-51H2,1-3H3,(H,57,60). The van der Waals surface area contributed by atoms with Gasteiger partial charge >= 0.3 is 5.97 Å². The Kier molecular flexibility index (Phi) is 49.9. The number of nitrogens with one attached hydrogen (secondary N) is 1. The van der Waals surface area contributed by atoms with E-state index >= 15 is 0 Å². The van der Waals surface area contributed by atoms with Crippen LogP contribution in [0.4, 0.5) is 0 Å². The van der Waals surface area contributed by atoms with Crippen LogP contribution in [0.3, 0.4) is 0 Å². The fourth-order valence-corrected chi connectivity index (χ4v) is 9.14. The van der Waals surface area contributed by atoms with Crippen molar-refractivity contribution in [1.29, 1.82) is 0 Å². The number of esters is 1. The van der Waals surface area contributed by atoms with Crippen molar-refractivity contribution in [2.24, 2.45) is 0 Å². The van der Waals surface area contributed by atoms with E-state index in [4.69, 9.17) is 4.74 Å². The van der Waals surface area contributed by atoms with Gasteiger partial charge in [0.2, 0.25) is 5.91 Å². The topological polar surface area (TPSA) is 95.9 Å². The van der Waals surface area contributed by atoms with Gasteiger partial charge in [-0.3, -0.25) is 9.59 Å². The third kappa shape index (κ3) is 45.4. The molecule has 0 heterocycles. The van der Waals surface area contributed by atoms with Crippen molar-refractivity contribution in [3.8, 4) is 0 Å². The van der Waals surface area contributed by atoms with Crippen LogP contribution in [0, 0.1) is 0 Å². The molecule has 0 aliphatic heterocycles. The van der Waals surface area contributed by atoms with E-state index in [-0.39, 0.29) is 24.9 Å². The lowest BCUT2D eigenvalue weighted by Crippen LogP contribution is -2.46. The quantitative estimate of drug-likeness (QED) is 0.0418. The normalized spacial score (nSPS) is 13.0.